The first-order valence-electron chi connectivity index (χ1n) is 9.49. The number of benzene rings is 2. The van der Waals surface area contributed by atoms with E-state index in [0.717, 1.165) is 30.3 Å². The van der Waals surface area contributed by atoms with Gasteiger partial charge in [-0.15, -0.1) is 0 Å². The predicted molar refractivity (Wildman–Crippen MR) is 116 cm³/mol. The molecule has 9 heteroatoms. The SMILES string of the molecule is COC(=O)CS(=O)(=O)c1ccc([C@@H](C)N(C=O)c2cc(-c3ccccc3)nn2C)cc1. The van der Waals surface area contributed by atoms with Crippen LogP contribution in [-0.2, 0) is 31.2 Å². The molecule has 3 rings (SSSR count). The lowest BCUT2D eigenvalue weighted by Crippen LogP contribution is -2.27. The lowest BCUT2D eigenvalue weighted by Gasteiger charge is -2.25. The zero-order valence-electron chi connectivity index (χ0n) is 17.4. The molecule has 0 spiro atoms. The van der Waals surface area contributed by atoms with Crippen molar-refractivity contribution >= 4 is 28.0 Å². The zero-order chi connectivity index (χ0) is 22.6. The predicted octanol–water partition coefficient (Wildman–Crippen LogP) is 2.76. The van der Waals surface area contributed by atoms with Gasteiger partial charge in [-0.1, -0.05) is 42.5 Å². The van der Waals surface area contributed by atoms with E-state index in [1.54, 1.807) is 23.9 Å². The van der Waals surface area contributed by atoms with E-state index in [1.807, 2.05) is 43.3 Å². The highest BCUT2D eigenvalue weighted by Gasteiger charge is 2.23. The van der Waals surface area contributed by atoms with E-state index in [1.165, 1.54) is 17.0 Å². The third kappa shape index (κ3) is 4.83. The molecule has 0 radical (unpaired) electrons. The first kappa shape index (κ1) is 22.2. The Balaban J connectivity index is 1.86. The van der Waals surface area contributed by atoms with Crippen LogP contribution >= 0.6 is 0 Å². The maximum atomic E-state index is 12.3. The van der Waals surface area contributed by atoms with E-state index in [4.69, 9.17) is 0 Å². The van der Waals surface area contributed by atoms with E-state index >= 15 is 0 Å². The summed E-state index contributed by atoms with van der Waals surface area (Å²) in [5, 5.41) is 4.50. The van der Waals surface area contributed by atoms with Crippen LogP contribution in [-0.4, -0.2) is 43.4 Å². The smallest absolute Gasteiger partial charge is 0.321 e. The lowest BCUT2D eigenvalue weighted by atomic mass is 10.1. The Morgan fingerprint density at radius 3 is 2.39 bits per heavy atom. The van der Waals surface area contributed by atoms with Crippen molar-refractivity contribution in [3.8, 4) is 11.3 Å². The summed E-state index contributed by atoms with van der Waals surface area (Å²) in [4.78, 5) is 24.8. The lowest BCUT2D eigenvalue weighted by molar-refractivity contribution is -0.137. The topological polar surface area (TPSA) is 98.6 Å². The van der Waals surface area contributed by atoms with Crippen LogP contribution < -0.4 is 4.90 Å². The van der Waals surface area contributed by atoms with Crippen molar-refractivity contribution in [2.75, 3.05) is 17.8 Å². The monoisotopic (exact) mass is 441 g/mol. The van der Waals surface area contributed by atoms with Gasteiger partial charge in [-0.3, -0.25) is 19.2 Å². The average molecular weight is 442 g/mol. The van der Waals surface area contributed by atoms with Gasteiger partial charge in [0.05, 0.1) is 23.7 Å². The van der Waals surface area contributed by atoms with Crippen molar-refractivity contribution in [1.29, 1.82) is 0 Å². The summed E-state index contributed by atoms with van der Waals surface area (Å²) in [6, 6.07) is 17.2. The Hall–Kier alpha value is -3.46. The van der Waals surface area contributed by atoms with Crippen molar-refractivity contribution in [2.45, 2.75) is 17.9 Å². The number of rotatable bonds is 8. The molecule has 0 aliphatic carbocycles. The summed E-state index contributed by atoms with van der Waals surface area (Å²) in [5.41, 5.74) is 2.40. The molecule has 0 N–H and O–H groups in total. The number of anilines is 1. The van der Waals surface area contributed by atoms with Gasteiger partial charge in [0.2, 0.25) is 6.41 Å². The van der Waals surface area contributed by atoms with E-state index in [0.29, 0.717) is 5.82 Å². The van der Waals surface area contributed by atoms with Crippen molar-refractivity contribution in [2.24, 2.45) is 7.05 Å². The number of amides is 1. The molecule has 1 heterocycles. The van der Waals surface area contributed by atoms with Crippen molar-refractivity contribution in [1.82, 2.24) is 9.78 Å². The maximum absolute atomic E-state index is 12.3. The van der Waals surface area contributed by atoms with Crippen LogP contribution in [0.5, 0.6) is 0 Å². The number of hydrogen-bond acceptors (Lipinski definition) is 6. The Morgan fingerprint density at radius 1 is 1.16 bits per heavy atom. The van der Waals surface area contributed by atoms with Gasteiger partial charge in [-0.25, -0.2) is 8.42 Å². The van der Waals surface area contributed by atoms with Crippen LogP contribution in [0.15, 0.2) is 65.6 Å². The van der Waals surface area contributed by atoms with Gasteiger partial charge in [0.1, 0.15) is 5.82 Å². The van der Waals surface area contributed by atoms with Gasteiger partial charge in [-0.2, -0.15) is 5.10 Å². The molecule has 0 unspecified atom stereocenters. The molecule has 1 amide bonds. The molecule has 162 valence electrons. The minimum atomic E-state index is -3.80. The molecule has 3 aromatic rings. The highest BCUT2D eigenvalue weighted by atomic mass is 32.2. The molecule has 0 fully saturated rings. The molecule has 0 saturated heterocycles. The molecule has 0 bridgehead atoms. The average Bonchev–Trinajstić information content (AvgIpc) is 3.16. The molecular weight excluding hydrogens is 418 g/mol. The van der Waals surface area contributed by atoms with E-state index in [-0.39, 0.29) is 10.9 Å². The van der Waals surface area contributed by atoms with Gasteiger partial charge < -0.3 is 4.74 Å². The fourth-order valence-corrected chi connectivity index (χ4v) is 4.35. The van der Waals surface area contributed by atoms with Crippen molar-refractivity contribution in [3.63, 3.8) is 0 Å². The van der Waals surface area contributed by atoms with Crippen LogP contribution in [0.1, 0.15) is 18.5 Å². The molecule has 1 aromatic heterocycles. The third-order valence-corrected chi connectivity index (χ3v) is 6.58. The second-order valence-corrected chi connectivity index (χ2v) is 8.96. The molecule has 0 aliphatic heterocycles. The second-order valence-electron chi connectivity index (χ2n) is 6.97. The number of aromatic nitrogens is 2. The van der Waals surface area contributed by atoms with E-state index in [2.05, 4.69) is 9.84 Å². The number of methoxy groups -OCH3 is 1. The number of carbonyl (C=O) groups excluding carboxylic acids is 2. The fourth-order valence-electron chi connectivity index (χ4n) is 3.20. The molecular formula is C22H23N3O5S. The first-order valence-corrected chi connectivity index (χ1v) is 11.1. The Labute approximate surface area is 181 Å². The standard InChI is InChI=1S/C22H23N3O5S/c1-16(17-9-11-19(12-10-17)31(28,29)14-22(27)30-3)25(15-26)21-13-20(23-24(21)2)18-7-5-4-6-8-18/h4-13,15-16H,14H2,1-3H3/t16-/m1/s1. The number of aryl methyl sites for hydroxylation is 1. The molecule has 0 aliphatic rings. The summed E-state index contributed by atoms with van der Waals surface area (Å²) in [7, 11) is -0.903. The van der Waals surface area contributed by atoms with Crippen LogP contribution in [0.2, 0.25) is 0 Å². The summed E-state index contributed by atoms with van der Waals surface area (Å²) >= 11 is 0. The largest absolute Gasteiger partial charge is 0.468 e. The van der Waals surface area contributed by atoms with Crippen LogP contribution in [0, 0.1) is 0 Å². The highest BCUT2D eigenvalue weighted by molar-refractivity contribution is 7.92. The number of carbonyl (C=O) groups is 2. The zero-order valence-corrected chi connectivity index (χ0v) is 18.2. The Kier molecular flexibility index (Phi) is 6.55. The van der Waals surface area contributed by atoms with Gasteiger partial charge >= 0.3 is 5.97 Å². The van der Waals surface area contributed by atoms with Gasteiger partial charge in [-0.05, 0) is 24.6 Å². The molecule has 1 atom stereocenters. The van der Waals surface area contributed by atoms with Crippen molar-refractivity contribution < 1.29 is 22.7 Å². The molecule has 0 saturated carbocycles. The second kappa shape index (κ2) is 9.13. The normalized spacial score (nSPS) is 12.2. The summed E-state index contributed by atoms with van der Waals surface area (Å²) in [6.45, 7) is 1.83. The Morgan fingerprint density at radius 2 is 1.81 bits per heavy atom. The molecule has 2 aromatic carbocycles. The van der Waals surface area contributed by atoms with E-state index in [9.17, 15) is 18.0 Å². The number of nitrogens with zero attached hydrogens (tertiary/aromatic N) is 3. The van der Waals surface area contributed by atoms with Gasteiger partial charge in [0.15, 0.2) is 15.6 Å². The van der Waals surface area contributed by atoms with Crippen LogP contribution in [0.3, 0.4) is 0 Å². The van der Waals surface area contributed by atoms with Gasteiger partial charge in [0, 0.05) is 18.7 Å². The molecule has 8 nitrogen and oxygen atoms in total. The summed E-state index contributed by atoms with van der Waals surface area (Å²) in [6.07, 6.45) is 0.721. The first-order chi connectivity index (χ1) is 14.8. The third-order valence-electron chi connectivity index (χ3n) is 4.98. The highest BCUT2D eigenvalue weighted by Crippen LogP contribution is 2.29. The number of hydrogen-bond donors (Lipinski definition) is 0. The van der Waals surface area contributed by atoms with Crippen LogP contribution in [0.25, 0.3) is 11.3 Å². The summed E-state index contributed by atoms with van der Waals surface area (Å²) < 4.78 is 30.7. The Bertz CT molecular complexity index is 1170. The quantitative estimate of drug-likeness (QED) is 0.394. The number of ether oxygens (including phenoxy) is 1. The fraction of sp³-hybridized carbons (Fsp3) is 0.227. The van der Waals surface area contributed by atoms with Crippen LogP contribution in [0.4, 0.5) is 5.82 Å². The van der Waals surface area contributed by atoms with E-state index < -0.39 is 21.6 Å². The summed E-state index contributed by atoms with van der Waals surface area (Å²) in [5.74, 6) is -0.949. The maximum Gasteiger partial charge on any atom is 0.321 e. The number of esters is 1. The minimum absolute atomic E-state index is 0.0124. The van der Waals surface area contributed by atoms with Gasteiger partial charge in [0.25, 0.3) is 0 Å². The minimum Gasteiger partial charge on any atom is -0.468 e. The van der Waals surface area contributed by atoms with Crippen molar-refractivity contribution in [3.05, 3.63) is 66.2 Å². The molecule has 31 heavy (non-hydrogen) atoms. The number of sulfone groups is 1.